The van der Waals surface area contributed by atoms with E-state index in [1.807, 2.05) is 0 Å². The predicted octanol–water partition coefficient (Wildman–Crippen LogP) is 2.58. The summed E-state index contributed by atoms with van der Waals surface area (Å²) in [5, 5.41) is 3.41. The van der Waals surface area contributed by atoms with Gasteiger partial charge in [0.2, 0.25) is 0 Å². The summed E-state index contributed by atoms with van der Waals surface area (Å²) in [7, 11) is 0. The number of hydrogen-bond acceptors (Lipinski definition) is 4. The van der Waals surface area contributed by atoms with Crippen molar-refractivity contribution >= 4 is 23.0 Å². The van der Waals surface area contributed by atoms with Crippen LogP contribution in [0.1, 0.15) is 48.9 Å². The molecule has 114 valence electrons. The first-order chi connectivity index (χ1) is 10.2. The third-order valence-electron chi connectivity index (χ3n) is 4.35. The van der Waals surface area contributed by atoms with Crippen LogP contribution in [0.4, 0.5) is 5.82 Å². The largest absolute Gasteiger partial charge is 0.389 e. The van der Waals surface area contributed by atoms with Gasteiger partial charge >= 0.3 is 0 Å². The van der Waals surface area contributed by atoms with Crippen molar-refractivity contribution in [1.29, 1.82) is 0 Å². The number of thiocarbonyl (C=S) groups is 1. The van der Waals surface area contributed by atoms with Crippen molar-refractivity contribution in [3.8, 4) is 0 Å². The molecule has 0 amide bonds. The number of nitrogens with two attached hydrogens (primary N) is 1. The summed E-state index contributed by atoms with van der Waals surface area (Å²) in [5.41, 5.74) is 9.24. The van der Waals surface area contributed by atoms with Crippen molar-refractivity contribution in [3.05, 3.63) is 22.9 Å². The summed E-state index contributed by atoms with van der Waals surface area (Å²) >= 11 is 5.17. The molecule has 3 rings (SSSR count). The van der Waals surface area contributed by atoms with E-state index in [2.05, 4.69) is 11.4 Å². The van der Waals surface area contributed by atoms with Crippen molar-refractivity contribution in [3.63, 3.8) is 0 Å². The van der Waals surface area contributed by atoms with Gasteiger partial charge in [0.25, 0.3) is 0 Å². The Morgan fingerprint density at radius 2 is 2.29 bits per heavy atom. The van der Waals surface area contributed by atoms with Gasteiger partial charge in [0, 0.05) is 18.8 Å². The van der Waals surface area contributed by atoms with Crippen LogP contribution in [0.2, 0.25) is 0 Å². The quantitative estimate of drug-likeness (QED) is 0.819. The molecule has 1 unspecified atom stereocenters. The van der Waals surface area contributed by atoms with Crippen molar-refractivity contribution in [1.82, 2.24) is 4.98 Å². The Morgan fingerprint density at radius 3 is 3.05 bits per heavy atom. The van der Waals surface area contributed by atoms with Crippen LogP contribution in [-0.4, -0.2) is 29.2 Å². The molecule has 1 aromatic rings. The van der Waals surface area contributed by atoms with Gasteiger partial charge in [0.05, 0.1) is 11.7 Å². The van der Waals surface area contributed by atoms with E-state index in [4.69, 9.17) is 27.7 Å². The lowest BCUT2D eigenvalue weighted by atomic mass is 10.1. The lowest BCUT2D eigenvalue weighted by Gasteiger charge is -2.23. The first kappa shape index (κ1) is 14.7. The van der Waals surface area contributed by atoms with Crippen molar-refractivity contribution in [2.45, 2.75) is 51.0 Å². The Hall–Kier alpha value is -1.20. The van der Waals surface area contributed by atoms with Gasteiger partial charge < -0.3 is 15.8 Å². The van der Waals surface area contributed by atoms with Crippen LogP contribution in [0.5, 0.6) is 0 Å². The third kappa shape index (κ3) is 3.52. The highest BCUT2D eigenvalue weighted by atomic mass is 32.1. The van der Waals surface area contributed by atoms with Gasteiger partial charge in [0.15, 0.2) is 0 Å². The van der Waals surface area contributed by atoms with Crippen LogP contribution >= 0.6 is 12.2 Å². The molecule has 5 heteroatoms. The number of hydrogen-bond donors (Lipinski definition) is 2. The van der Waals surface area contributed by atoms with Crippen molar-refractivity contribution in [2.24, 2.45) is 5.73 Å². The number of aryl methyl sites for hydroxylation is 2. The summed E-state index contributed by atoms with van der Waals surface area (Å²) in [4.78, 5) is 5.16. The number of nitrogens with one attached hydrogen (secondary N) is 1. The average molecular weight is 305 g/mol. The van der Waals surface area contributed by atoms with Gasteiger partial charge in [-0.25, -0.2) is 4.98 Å². The molecule has 1 aromatic heterocycles. The number of rotatable bonds is 5. The van der Waals surface area contributed by atoms with Crippen LogP contribution in [0.15, 0.2) is 6.07 Å². The van der Waals surface area contributed by atoms with E-state index in [1.54, 1.807) is 0 Å². The fourth-order valence-electron chi connectivity index (χ4n) is 3.18. The first-order valence-corrected chi connectivity index (χ1v) is 8.33. The molecule has 2 aliphatic rings. The van der Waals surface area contributed by atoms with Gasteiger partial charge in [-0.2, -0.15) is 0 Å². The van der Waals surface area contributed by atoms with Gasteiger partial charge in [-0.15, -0.1) is 0 Å². The summed E-state index contributed by atoms with van der Waals surface area (Å²) in [6.07, 6.45) is 8.37. The molecule has 0 aromatic carbocycles. The monoisotopic (exact) mass is 305 g/mol. The second-order valence-electron chi connectivity index (χ2n) is 5.91. The number of ether oxygens (including phenoxy) is 1. The molecule has 1 saturated heterocycles. The van der Waals surface area contributed by atoms with E-state index in [0.29, 0.717) is 11.1 Å². The van der Waals surface area contributed by atoms with Crippen LogP contribution < -0.4 is 11.1 Å². The van der Waals surface area contributed by atoms with Crippen molar-refractivity contribution in [2.75, 3.05) is 18.5 Å². The zero-order valence-corrected chi connectivity index (χ0v) is 13.2. The molecule has 4 nitrogen and oxygen atoms in total. The van der Waals surface area contributed by atoms with E-state index in [1.165, 1.54) is 36.9 Å². The molecular weight excluding hydrogens is 282 g/mol. The van der Waals surface area contributed by atoms with E-state index < -0.39 is 0 Å². The molecule has 1 atom stereocenters. The van der Waals surface area contributed by atoms with Crippen LogP contribution in [0.25, 0.3) is 0 Å². The smallest absolute Gasteiger partial charge is 0.136 e. The summed E-state index contributed by atoms with van der Waals surface area (Å²) < 4.78 is 5.76. The van der Waals surface area contributed by atoms with E-state index in [-0.39, 0.29) is 0 Å². The highest BCUT2D eigenvalue weighted by Gasteiger charge is 2.18. The zero-order chi connectivity index (χ0) is 14.7. The minimum atomic E-state index is 0.383. The maximum atomic E-state index is 5.85. The standard InChI is InChI=1S/C16H23N3OS/c17-15(21)13-10-11-4-3-6-14(11)19-16(13)18-8-7-12-5-1-2-9-20-12/h10,12H,1-9H2,(H2,17,21)(H,18,19). The SMILES string of the molecule is NC(=S)c1cc2c(nc1NCCC1CCCCO1)CCC2. The summed E-state index contributed by atoms with van der Waals surface area (Å²) in [6, 6.07) is 2.12. The second-order valence-corrected chi connectivity index (χ2v) is 6.35. The fourth-order valence-corrected chi connectivity index (χ4v) is 3.34. The molecule has 0 radical (unpaired) electrons. The Morgan fingerprint density at radius 1 is 1.38 bits per heavy atom. The third-order valence-corrected chi connectivity index (χ3v) is 4.57. The second kappa shape index (κ2) is 6.71. The molecule has 21 heavy (non-hydrogen) atoms. The minimum Gasteiger partial charge on any atom is -0.389 e. The first-order valence-electron chi connectivity index (χ1n) is 7.92. The van der Waals surface area contributed by atoms with Gasteiger partial charge in [-0.1, -0.05) is 12.2 Å². The van der Waals surface area contributed by atoms with Crippen molar-refractivity contribution < 1.29 is 4.74 Å². The maximum Gasteiger partial charge on any atom is 0.136 e. The summed E-state index contributed by atoms with van der Waals surface area (Å²) in [6.45, 7) is 1.76. The highest BCUT2D eigenvalue weighted by Crippen LogP contribution is 2.25. The van der Waals surface area contributed by atoms with Crippen LogP contribution in [0.3, 0.4) is 0 Å². The lowest BCUT2D eigenvalue weighted by Crippen LogP contribution is -2.23. The Bertz CT molecular complexity index is 526. The molecule has 0 saturated carbocycles. The highest BCUT2D eigenvalue weighted by molar-refractivity contribution is 7.80. The van der Waals surface area contributed by atoms with E-state index >= 15 is 0 Å². The van der Waals surface area contributed by atoms with E-state index in [0.717, 1.165) is 43.8 Å². The Kier molecular flexibility index (Phi) is 4.70. The predicted molar refractivity (Wildman–Crippen MR) is 88.8 cm³/mol. The van der Waals surface area contributed by atoms with Crippen LogP contribution in [-0.2, 0) is 17.6 Å². The molecule has 0 spiro atoms. The molecular formula is C16H23N3OS. The van der Waals surface area contributed by atoms with Gasteiger partial charge in [0.1, 0.15) is 10.8 Å². The van der Waals surface area contributed by atoms with Gasteiger partial charge in [-0.3, -0.25) is 0 Å². The summed E-state index contributed by atoms with van der Waals surface area (Å²) in [5.74, 6) is 0.846. The number of fused-ring (bicyclic) bond motifs is 1. The number of nitrogens with zero attached hydrogens (tertiary/aromatic N) is 1. The molecule has 1 aliphatic carbocycles. The topological polar surface area (TPSA) is 60.2 Å². The normalized spacial score (nSPS) is 21.0. The Labute approximate surface area is 131 Å². The molecule has 0 bridgehead atoms. The number of anilines is 1. The molecule has 1 aliphatic heterocycles. The minimum absolute atomic E-state index is 0.383. The molecule has 3 N–H and O–H groups in total. The Balaban J connectivity index is 1.65. The fraction of sp³-hybridized carbons (Fsp3) is 0.625. The van der Waals surface area contributed by atoms with Gasteiger partial charge in [-0.05, 0) is 56.6 Å². The maximum absolute atomic E-state index is 5.85. The molecule has 1 fully saturated rings. The van der Waals surface area contributed by atoms with E-state index in [9.17, 15) is 0 Å². The number of pyridine rings is 1. The average Bonchev–Trinajstić information content (AvgIpc) is 2.94. The lowest BCUT2D eigenvalue weighted by molar-refractivity contribution is 0.0134. The molecule has 2 heterocycles. The zero-order valence-electron chi connectivity index (χ0n) is 12.4. The van der Waals surface area contributed by atoms with Crippen LogP contribution in [0, 0.1) is 0 Å². The number of aromatic nitrogens is 1.